The van der Waals surface area contributed by atoms with Crippen molar-refractivity contribution >= 4 is 0 Å². The van der Waals surface area contributed by atoms with Crippen molar-refractivity contribution in [3.8, 4) is 0 Å². The third kappa shape index (κ3) is 7.26. The van der Waals surface area contributed by atoms with Gasteiger partial charge in [0, 0.05) is 19.1 Å². The molecule has 0 aromatic heterocycles. The van der Waals surface area contributed by atoms with Crippen molar-refractivity contribution < 1.29 is 20.1 Å². The number of hydrogen-bond donors (Lipinski definition) is 3. The second-order valence-corrected chi connectivity index (χ2v) is 3.55. The lowest BCUT2D eigenvalue weighted by atomic mass is 10.0. The van der Waals surface area contributed by atoms with Gasteiger partial charge >= 0.3 is 0 Å². The molecule has 4 heteroatoms. The highest BCUT2D eigenvalue weighted by Crippen LogP contribution is 2.07. The minimum absolute atomic E-state index is 0.0107. The zero-order valence-electron chi connectivity index (χ0n) is 8.85. The van der Waals surface area contributed by atoms with Crippen molar-refractivity contribution in [1.82, 2.24) is 0 Å². The van der Waals surface area contributed by atoms with E-state index in [1.807, 2.05) is 0 Å². The van der Waals surface area contributed by atoms with Gasteiger partial charge in [-0.15, -0.1) is 0 Å². The topological polar surface area (TPSA) is 69.9 Å². The van der Waals surface area contributed by atoms with Crippen LogP contribution in [0.5, 0.6) is 0 Å². The van der Waals surface area contributed by atoms with Gasteiger partial charge in [0.25, 0.3) is 0 Å². The molecular formula is C10H22O4. The highest BCUT2D eigenvalue weighted by atomic mass is 16.5. The molecule has 3 N–H and O–H groups in total. The molecule has 2 atom stereocenters. The normalized spacial score (nSPS) is 15.4. The van der Waals surface area contributed by atoms with Crippen LogP contribution in [0.4, 0.5) is 0 Å². The Morgan fingerprint density at radius 1 is 1.21 bits per heavy atom. The maximum atomic E-state index is 9.15. The van der Waals surface area contributed by atoms with Gasteiger partial charge < -0.3 is 20.1 Å². The highest BCUT2D eigenvalue weighted by Gasteiger charge is 2.13. The molecule has 14 heavy (non-hydrogen) atoms. The Kier molecular flexibility index (Phi) is 9.29. The smallest absolute Gasteiger partial charge is 0.0775 e. The van der Waals surface area contributed by atoms with E-state index in [0.29, 0.717) is 19.6 Å². The number of unbranched alkanes of at least 4 members (excludes halogenated alkanes) is 1. The van der Waals surface area contributed by atoms with E-state index in [1.54, 1.807) is 0 Å². The zero-order valence-corrected chi connectivity index (χ0v) is 8.85. The van der Waals surface area contributed by atoms with Crippen molar-refractivity contribution in [1.29, 1.82) is 0 Å². The van der Waals surface area contributed by atoms with Crippen molar-refractivity contribution in [3.63, 3.8) is 0 Å². The average molecular weight is 206 g/mol. The molecule has 0 saturated heterocycles. The average Bonchev–Trinajstić information content (AvgIpc) is 2.22. The minimum atomic E-state index is -0.748. The standard InChI is InChI=1S/C10H22O4/c1-2-3-4-14-8-9(6-11)5-10(13)7-12/h9-13H,2-8H2,1H3. The van der Waals surface area contributed by atoms with Crippen LogP contribution in [0.25, 0.3) is 0 Å². The van der Waals surface area contributed by atoms with Gasteiger partial charge in [-0.2, -0.15) is 0 Å². The molecular weight excluding hydrogens is 184 g/mol. The van der Waals surface area contributed by atoms with Crippen molar-refractivity contribution in [2.24, 2.45) is 5.92 Å². The van der Waals surface area contributed by atoms with Crippen LogP contribution < -0.4 is 0 Å². The first-order valence-corrected chi connectivity index (χ1v) is 5.22. The first kappa shape index (κ1) is 13.8. The second kappa shape index (κ2) is 9.40. The Balaban J connectivity index is 3.47. The summed E-state index contributed by atoms with van der Waals surface area (Å²) in [6.07, 6.45) is 1.74. The maximum absolute atomic E-state index is 9.15. The van der Waals surface area contributed by atoms with Crippen LogP contribution in [0.1, 0.15) is 26.2 Å². The van der Waals surface area contributed by atoms with Gasteiger partial charge in [-0.1, -0.05) is 13.3 Å². The Morgan fingerprint density at radius 2 is 1.93 bits per heavy atom. The summed E-state index contributed by atoms with van der Waals surface area (Å²) in [5.41, 5.74) is 0. The van der Waals surface area contributed by atoms with Crippen LogP contribution in [0, 0.1) is 5.92 Å². The third-order valence-corrected chi connectivity index (χ3v) is 2.07. The first-order valence-electron chi connectivity index (χ1n) is 5.22. The lowest BCUT2D eigenvalue weighted by molar-refractivity contribution is 0.0234. The number of hydrogen-bond acceptors (Lipinski definition) is 4. The summed E-state index contributed by atoms with van der Waals surface area (Å²) < 4.78 is 5.32. The molecule has 2 unspecified atom stereocenters. The molecule has 0 rings (SSSR count). The fraction of sp³-hybridized carbons (Fsp3) is 1.00. The molecule has 0 bridgehead atoms. The molecule has 0 aromatic rings. The predicted octanol–water partition coefficient (Wildman–Crippen LogP) is 0.155. The molecule has 0 spiro atoms. The van der Waals surface area contributed by atoms with Gasteiger partial charge in [-0.25, -0.2) is 0 Å². The Labute approximate surface area is 85.5 Å². The number of ether oxygens (including phenoxy) is 1. The second-order valence-electron chi connectivity index (χ2n) is 3.55. The lowest BCUT2D eigenvalue weighted by Crippen LogP contribution is -2.23. The zero-order chi connectivity index (χ0) is 10.8. The molecule has 0 fully saturated rings. The first-order chi connectivity index (χ1) is 6.74. The summed E-state index contributed by atoms with van der Waals surface area (Å²) in [4.78, 5) is 0. The molecule has 4 nitrogen and oxygen atoms in total. The summed E-state index contributed by atoms with van der Waals surface area (Å²) in [5, 5.41) is 26.7. The van der Waals surface area contributed by atoms with Crippen LogP contribution in [-0.4, -0.2) is 47.9 Å². The molecule has 0 aromatic carbocycles. The summed E-state index contributed by atoms with van der Waals surface area (Å²) in [7, 11) is 0. The van der Waals surface area contributed by atoms with Gasteiger partial charge in [0.05, 0.1) is 19.3 Å². The molecule has 0 aliphatic rings. The van der Waals surface area contributed by atoms with E-state index in [4.69, 9.17) is 20.1 Å². The fourth-order valence-corrected chi connectivity index (χ4v) is 1.15. The van der Waals surface area contributed by atoms with E-state index < -0.39 is 6.10 Å². The Morgan fingerprint density at radius 3 is 2.43 bits per heavy atom. The molecule has 0 aliphatic carbocycles. The summed E-state index contributed by atoms with van der Waals surface area (Å²) in [6, 6.07) is 0. The van der Waals surface area contributed by atoms with Crippen LogP contribution >= 0.6 is 0 Å². The van der Waals surface area contributed by atoms with E-state index in [-0.39, 0.29) is 19.1 Å². The predicted molar refractivity (Wildman–Crippen MR) is 54.0 cm³/mol. The largest absolute Gasteiger partial charge is 0.396 e. The molecule has 0 heterocycles. The SMILES string of the molecule is CCCCOCC(CO)CC(O)CO. The molecule has 0 aliphatic heterocycles. The van der Waals surface area contributed by atoms with Gasteiger partial charge in [0.15, 0.2) is 0 Å². The molecule has 86 valence electrons. The Bertz CT molecular complexity index is 119. The maximum Gasteiger partial charge on any atom is 0.0775 e. The fourth-order valence-electron chi connectivity index (χ4n) is 1.15. The molecule has 0 amide bonds. The Hall–Kier alpha value is -0.160. The van der Waals surface area contributed by atoms with Crippen molar-refractivity contribution in [3.05, 3.63) is 0 Å². The van der Waals surface area contributed by atoms with Gasteiger partial charge in [-0.05, 0) is 12.8 Å². The van der Waals surface area contributed by atoms with Crippen molar-refractivity contribution in [2.45, 2.75) is 32.3 Å². The highest BCUT2D eigenvalue weighted by molar-refractivity contribution is 4.63. The van der Waals surface area contributed by atoms with Crippen LogP contribution in [0.2, 0.25) is 0 Å². The minimum Gasteiger partial charge on any atom is -0.396 e. The van der Waals surface area contributed by atoms with Gasteiger partial charge in [-0.3, -0.25) is 0 Å². The van der Waals surface area contributed by atoms with Crippen molar-refractivity contribution in [2.75, 3.05) is 26.4 Å². The summed E-state index contributed by atoms with van der Waals surface area (Å²) in [5.74, 6) is -0.0750. The number of aliphatic hydroxyl groups is 3. The van der Waals surface area contributed by atoms with E-state index in [9.17, 15) is 0 Å². The lowest BCUT2D eigenvalue weighted by Gasteiger charge is -2.16. The number of rotatable bonds is 9. The van der Waals surface area contributed by atoms with E-state index in [2.05, 4.69) is 6.92 Å². The van der Waals surface area contributed by atoms with Crippen LogP contribution in [-0.2, 0) is 4.74 Å². The van der Waals surface area contributed by atoms with Crippen LogP contribution in [0.3, 0.4) is 0 Å². The van der Waals surface area contributed by atoms with E-state index >= 15 is 0 Å². The van der Waals surface area contributed by atoms with Gasteiger partial charge in [0.1, 0.15) is 0 Å². The van der Waals surface area contributed by atoms with E-state index in [0.717, 1.165) is 12.8 Å². The third-order valence-electron chi connectivity index (χ3n) is 2.07. The van der Waals surface area contributed by atoms with Gasteiger partial charge in [0.2, 0.25) is 0 Å². The van der Waals surface area contributed by atoms with Crippen LogP contribution in [0.15, 0.2) is 0 Å². The summed E-state index contributed by atoms with van der Waals surface area (Å²) >= 11 is 0. The van der Waals surface area contributed by atoms with E-state index in [1.165, 1.54) is 0 Å². The number of aliphatic hydroxyl groups excluding tert-OH is 3. The molecule has 0 radical (unpaired) electrons. The quantitative estimate of drug-likeness (QED) is 0.470. The molecule has 0 saturated carbocycles. The monoisotopic (exact) mass is 206 g/mol. The summed E-state index contributed by atoms with van der Waals surface area (Å²) in [6.45, 7) is 2.97.